The highest BCUT2D eigenvalue weighted by Gasteiger charge is 2.16. The summed E-state index contributed by atoms with van der Waals surface area (Å²) in [5.41, 5.74) is 2.58. The number of aromatic nitrogens is 1. The van der Waals surface area contributed by atoms with Crippen LogP contribution >= 0.6 is 11.3 Å². The van der Waals surface area contributed by atoms with E-state index in [1.807, 2.05) is 23.6 Å². The number of thiophene rings is 1. The summed E-state index contributed by atoms with van der Waals surface area (Å²) in [6.07, 6.45) is 2.57. The maximum atomic E-state index is 12.4. The van der Waals surface area contributed by atoms with E-state index in [0.717, 1.165) is 22.9 Å². The average molecular weight is 369 g/mol. The van der Waals surface area contributed by atoms with Crippen LogP contribution in [0.2, 0.25) is 0 Å². The standard InChI is InChI=1S/C20H19NO4S/c1-2-13-5-3-6-14-15(11-21-20(13)14)17(23)12-25-19(24)9-8-16(22)18-7-4-10-26-18/h3-7,10-11,21H,2,8-9,12H2,1H3. The molecule has 6 heteroatoms. The number of Topliss-reactive ketones (excluding diaryl/α,β-unsaturated/α-hetero) is 2. The first kappa shape index (κ1) is 18.1. The van der Waals surface area contributed by atoms with Gasteiger partial charge in [-0.3, -0.25) is 14.4 Å². The molecule has 0 aliphatic carbocycles. The van der Waals surface area contributed by atoms with Crippen molar-refractivity contribution in [3.63, 3.8) is 0 Å². The monoisotopic (exact) mass is 369 g/mol. The number of ketones is 2. The number of rotatable bonds is 8. The van der Waals surface area contributed by atoms with Crippen molar-refractivity contribution in [2.75, 3.05) is 6.61 Å². The van der Waals surface area contributed by atoms with Crippen molar-refractivity contribution < 1.29 is 19.1 Å². The molecule has 0 fully saturated rings. The van der Waals surface area contributed by atoms with Crippen LogP contribution in [0, 0.1) is 0 Å². The van der Waals surface area contributed by atoms with Gasteiger partial charge in [-0.05, 0) is 23.4 Å². The zero-order valence-electron chi connectivity index (χ0n) is 14.4. The normalized spacial score (nSPS) is 10.8. The van der Waals surface area contributed by atoms with Crippen LogP contribution in [0.3, 0.4) is 0 Å². The lowest BCUT2D eigenvalue weighted by atomic mass is 10.1. The number of benzene rings is 1. The number of fused-ring (bicyclic) bond motifs is 1. The van der Waals surface area contributed by atoms with E-state index in [1.54, 1.807) is 18.3 Å². The summed E-state index contributed by atoms with van der Waals surface area (Å²) in [5.74, 6) is -0.896. The number of H-pyrrole nitrogens is 1. The molecule has 2 heterocycles. The number of carbonyl (C=O) groups excluding carboxylic acids is 3. The van der Waals surface area contributed by atoms with Gasteiger partial charge >= 0.3 is 5.97 Å². The molecule has 0 saturated heterocycles. The summed E-state index contributed by atoms with van der Waals surface area (Å²) >= 11 is 1.34. The van der Waals surface area contributed by atoms with Gasteiger partial charge in [0.1, 0.15) is 0 Å². The van der Waals surface area contributed by atoms with Gasteiger partial charge in [-0.15, -0.1) is 11.3 Å². The second-order valence-corrected chi connectivity index (χ2v) is 6.83. The molecule has 5 nitrogen and oxygen atoms in total. The minimum atomic E-state index is -0.544. The Kier molecular flexibility index (Phi) is 5.63. The Balaban J connectivity index is 1.55. The molecule has 0 amide bonds. The molecule has 26 heavy (non-hydrogen) atoms. The van der Waals surface area contributed by atoms with Gasteiger partial charge in [0.2, 0.25) is 5.78 Å². The molecular weight excluding hydrogens is 350 g/mol. The highest BCUT2D eigenvalue weighted by molar-refractivity contribution is 7.12. The maximum Gasteiger partial charge on any atom is 0.306 e. The number of hydrogen-bond donors (Lipinski definition) is 1. The molecule has 0 unspecified atom stereocenters. The van der Waals surface area contributed by atoms with E-state index in [2.05, 4.69) is 11.9 Å². The Morgan fingerprint density at radius 1 is 1.08 bits per heavy atom. The summed E-state index contributed by atoms with van der Waals surface area (Å²) in [6, 6.07) is 9.31. The molecule has 134 valence electrons. The number of aryl methyl sites for hydroxylation is 1. The maximum absolute atomic E-state index is 12.4. The Morgan fingerprint density at radius 3 is 2.65 bits per heavy atom. The summed E-state index contributed by atoms with van der Waals surface area (Å²) in [6.45, 7) is 1.73. The number of nitrogens with one attached hydrogen (secondary N) is 1. The first-order valence-electron chi connectivity index (χ1n) is 8.44. The third kappa shape index (κ3) is 3.91. The van der Waals surface area contributed by atoms with Crippen molar-refractivity contribution >= 4 is 39.8 Å². The Labute approximate surface area is 155 Å². The summed E-state index contributed by atoms with van der Waals surface area (Å²) in [5, 5.41) is 2.65. The van der Waals surface area contributed by atoms with Gasteiger partial charge in [-0.1, -0.05) is 31.2 Å². The lowest BCUT2D eigenvalue weighted by Gasteiger charge is -2.04. The Hall–Kier alpha value is -2.73. The molecule has 1 N–H and O–H groups in total. The molecule has 0 spiro atoms. The molecule has 0 aliphatic rings. The highest BCUT2D eigenvalue weighted by Crippen LogP contribution is 2.22. The number of carbonyl (C=O) groups is 3. The molecular formula is C20H19NO4S. The molecule has 0 aliphatic heterocycles. The number of hydrogen-bond acceptors (Lipinski definition) is 5. The van der Waals surface area contributed by atoms with Gasteiger partial charge < -0.3 is 9.72 Å². The van der Waals surface area contributed by atoms with Crippen molar-refractivity contribution in [2.45, 2.75) is 26.2 Å². The third-order valence-corrected chi connectivity index (χ3v) is 5.11. The smallest absolute Gasteiger partial charge is 0.306 e. The third-order valence-electron chi connectivity index (χ3n) is 4.20. The zero-order valence-corrected chi connectivity index (χ0v) is 15.2. The van der Waals surface area contributed by atoms with E-state index in [0.29, 0.717) is 10.4 Å². The first-order valence-corrected chi connectivity index (χ1v) is 9.32. The lowest BCUT2D eigenvalue weighted by Crippen LogP contribution is -2.14. The quantitative estimate of drug-likeness (QED) is 0.477. The molecule has 2 aromatic heterocycles. The van der Waals surface area contributed by atoms with Crippen LogP contribution in [0.15, 0.2) is 41.9 Å². The minimum absolute atomic E-state index is 0.0299. The van der Waals surface area contributed by atoms with Crippen LogP contribution < -0.4 is 0 Å². The van der Waals surface area contributed by atoms with Gasteiger partial charge in [0.05, 0.1) is 11.3 Å². The van der Waals surface area contributed by atoms with E-state index in [-0.39, 0.29) is 31.0 Å². The SMILES string of the molecule is CCc1cccc2c(C(=O)COC(=O)CCC(=O)c3cccs3)c[nH]c12. The van der Waals surface area contributed by atoms with Crippen molar-refractivity contribution in [2.24, 2.45) is 0 Å². The van der Waals surface area contributed by atoms with E-state index in [9.17, 15) is 14.4 Å². The molecule has 0 bridgehead atoms. The molecule has 0 saturated carbocycles. The predicted molar refractivity (Wildman–Crippen MR) is 101 cm³/mol. The number of para-hydroxylation sites is 1. The number of aromatic amines is 1. The first-order chi connectivity index (χ1) is 12.6. The van der Waals surface area contributed by atoms with Crippen LogP contribution in [0.4, 0.5) is 0 Å². The van der Waals surface area contributed by atoms with Gasteiger partial charge in [0, 0.05) is 29.1 Å². The topological polar surface area (TPSA) is 76.2 Å². The van der Waals surface area contributed by atoms with Crippen LogP contribution in [-0.4, -0.2) is 29.1 Å². The van der Waals surface area contributed by atoms with Crippen molar-refractivity contribution in [3.8, 4) is 0 Å². The molecule has 3 rings (SSSR count). The fourth-order valence-electron chi connectivity index (χ4n) is 2.81. The van der Waals surface area contributed by atoms with E-state index < -0.39 is 5.97 Å². The van der Waals surface area contributed by atoms with Crippen molar-refractivity contribution in [1.29, 1.82) is 0 Å². The van der Waals surface area contributed by atoms with E-state index >= 15 is 0 Å². The fraction of sp³-hybridized carbons (Fsp3) is 0.250. The number of esters is 1. The summed E-state index contributed by atoms with van der Waals surface area (Å²) in [4.78, 5) is 39.8. The largest absolute Gasteiger partial charge is 0.457 e. The molecule has 0 atom stereocenters. The zero-order chi connectivity index (χ0) is 18.5. The average Bonchev–Trinajstić information content (AvgIpc) is 3.33. The second kappa shape index (κ2) is 8.10. The van der Waals surface area contributed by atoms with Gasteiger partial charge in [0.25, 0.3) is 0 Å². The van der Waals surface area contributed by atoms with E-state index in [4.69, 9.17) is 4.74 Å². The minimum Gasteiger partial charge on any atom is -0.457 e. The number of ether oxygens (including phenoxy) is 1. The van der Waals surface area contributed by atoms with Crippen molar-refractivity contribution in [1.82, 2.24) is 4.98 Å². The summed E-state index contributed by atoms with van der Waals surface area (Å²) < 4.78 is 5.05. The van der Waals surface area contributed by atoms with Crippen LogP contribution in [0.5, 0.6) is 0 Å². The van der Waals surface area contributed by atoms with Crippen LogP contribution in [0.1, 0.15) is 45.4 Å². The summed E-state index contributed by atoms with van der Waals surface area (Å²) in [7, 11) is 0. The fourth-order valence-corrected chi connectivity index (χ4v) is 3.51. The van der Waals surface area contributed by atoms with Gasteiger partial charge in [-0.25, -0.2) is 0 Å². The Morgan fingerprint density at radius 2 is 1.92 bits per heavy atom. The van der Waals surface area contributed by atoms with Gasteiger partial charge in [0.15, 0.2) is 12.4 Å². The molecule has 0 radical (unpaired) electrons. The second-order valence-electron chi connectivity index (χ2n) is 5.88. The Bertz CT molecular complexity index is 940. The molecule has 3 aromatic rings. The highest BCUT2D eigenvalue weighted by atomic mass is 32.1. The van der Waals surface area contributed by atoms with E-state index in [1.165, 1.54) is 11.3 Å². The van der Waals surface area contributed by atoms with Gasteiger partial charge in [-0.2, -0.15) is 0 Å². The molecule has 1 aromatic carbocycles. The van der Waals surface area contributed by atoms with Crippen LogP contribution in [-0.2, 0) is 16.0 Å². The van der Waals surface area contributed by atoms with Crippen LogP contribution in [0.25, 0.3) is 10.9 Å². The van der Waals surface area contributed by atoms with Crippen molar-refractivity contribution in [3.05, 3.63) is 57.9 Å². The lowest BCUT2D eigenvalue weighted by molar-refractivity contribution is -0.142. The predicted octanol–water partition coefficient (Wildman–Crippen LogP) is 4.18.